The predicted octanol–water partition coefficient (Wildman–Crippen LogP) is 0.601. The SMILES string of the molecule is CCc1cc2c(NC(CO)CO)nc(N)nc2s1. The van der Waals surface area contributed by atoms with E-state index < -0.39 is 6.04 Å². The highest BCUT2D eigenvalue weighted by molar-refractivity contribution is 7.18. The number of rotatable bonds is 5. The van der Waals surface area contributed by atoms with Crippen molar-refractivity contribution >= 4 is 33.3 Å². The molecule has 98 valence electrons. The van der Waals surface area contributed by atoms with Gasteiger partial charge >= 0.3 is 0 Å². The number of hydrogen-bond donors (Lipinski definition) is 4. The van der Waals surface area contributed by atoms with Gasteiger partial charge < -0.3 is 21.3 Å². The first kappa shape index (κ1) is 13.0. The van der Waals surface area contributed by atoms with Crippen LogP contribution in [0, 0.1) is 0 Å². The molecule has 2 rings (SSSR count). The summed E-state index contributed by atoms with van der Waals surface area (Å²) in [5, 5.41) is 22.0. The molecule has 0 spiro atoms. The lowest BCUT2D eigenvalue weighted by Gasteiger charge is -2.14. The van der Waals surface area contributed by atoms with Gasteiger partial charge in [-0.15, -0.1) is 11.3 Å². The van der Waals surface area contributed by atoms with E-state index in [4.69, 9.17) is 15.9 Å². The van der Waals surface area contributed by atoms with E-state index in [0.29, 0.717) is 5.82 Å². The molecule has 0 bridgehead atoms. The van der Waals surface area contributed by atoms with Gasteiger partial charge in [0.05, 0.1) is 24.6 Å². The van der Waals surface area contributed by atoms with Gasteiger partial charge in [0.2, 0.25) is 5.95 Å². The average Bonchev–Trinajstić information content (AvgIpc) is 2.78. The fraction of sp³-hybridized carbons (Fsp3) is 0.455. The first-order valence-corrected chi connectivity index (χ1v) is 6.53. The maximum atomic E-state index is 9.09. The molecule has 6 nitrogen and oxygen atoms in total. The van der Waals surface area contributed by atoms with Crippen LogP contribution in [0.1, 0.15) is 11.8 Å². The molecule has 0 saturated heterocycles. The molecule has 0 unspecified atom stereocenters. The van der Waals surface area contributed by atoms with Gasteiger partial charge in [0, 0.05) is 4.88 Å². The number of nitrogens with two attached hydrogens (primary N) is 1. The van der Waals surface area contributed by atoms with Gasteiger partial charge in [-0.05, 0) is 12.5 Å². The molecule has 2 aromatic rings. The zero-order valence-electron chi connectivity index (χ0n) is 10.1. The molecular weight excluding hydrogens is 252 g/mol. The van der Waals surface area contributed by atoms with E-state index in [-0.39, 0.29) is 19.2 Å². The molecule has 0 aliphatic heterocycles. The summed E-state index contributed by atoms with van der Waals surface area (Å²) in [6.45, 7) is 1.72. The molecular formula is C11H16N4O2S. The number of nitrogens with zero attached hydrogens (tertiary/aromatic N) is 2. The first-order valence-electron chi connectivity index (χ1n) is 5.72. The van der Waals surface area contributed by atoms with Crippen LogP contribution in [-0.4, -0.2) is 39.4 Å². The standard InChI is InChI=1S/C11H16N4O2S/c1-2-7-3-8-9(13-6(4-16)5-17)14-11(12)15-10(8)18-7/h3,6,16-17H,2,4-5H2,1H3,(H3,12,13,14,15). The minimum Gasteiger partial charge on any atom is -0.394 e. The molecule has 0 aliphatic rings. The van der Waals surface area contributed by atoms with Crippen LogP contribution in [0.5, 0.6) is 0 Å². The second-order valence-corrected chi connectivity index (χ2v) is 5.04. The zero-order valence-corrected chi connectivity index (χ0v) is 10.9. The number of aryl methyl sites for hydroxylation is 1. The lowest BCUT2D eigenvalue weighted by Crippen LogP contribution is -2.28. The number of aliphatic hydroxyl groups is 2. The Balaban J connectivity index is 2.44. The molecule has 0 aliphatic carbocycles. The van der Waals surface area contributed by atoms with Crippen LogP contribution in [0.2, 0.25) is 0 Å². The Labute approximate surface area is 108 Å². The quantitative estimate of drug-likeness (QED) is 0.633. The van der Waals surface area contributed by atoms with Crippen molar-refractivity contribution in [1.29, 1.82) is 0 Å². The molecule has 0 saturated carbocycles. The Bertz CT molecular complexity index is 539. The number of nitrogen functional groups attached to an aromatic ring is 1. The molecule has 2 heterocycles. The van der Waals surface area contributed by atoms with E-state index in [1.807, 2.05) is 6.07 Å². The lowest BCUT2D eigenvalue weighted by atomic mass is 10.2. The van der Waals surface area contributed by atoms with E-state index in [0.717, 1.165) is 16.6 Å². The summed E-state index contributed by atoms with van der Waals surface area (Å²) in [6, 6.07) is 1.56. The smallest absolute Gasteiger partial charge is 0.223 e. The highest BCUT2D eigenvalue weighted by Gasteiger charge is 2.13. The molecule has 0 atom stereocenters. The van der Waals surface area contributed by atoms with E-state index in [1.165, 1.54) is 4.88 Å². The molecule has 7 heteroatoms. The van der Waals surface area contributed by atoms with Gasteiger partial charge in [-0.25, -0.2) is 4.98 Å². The fourth-order valence-electron chi connectivity index (χ4n) is 1.61. The Morgan fingerprint density at radius 3 is 2.72 bits per heavy atom. The third-order valence-electron chi connectivity index (χ3n) is 2.59. The molecule has 18 heavy (non-hydrogen) atoms. The Morgan fingerprint density at radius 1 is 1.39 bits per heavy atom. The second kappa shape index (κ2) is 5.47. The summed E-state index contributed by atoms with van der Waals surface area (Å²) in [4.78, 5) is 10.3. The Kier molecular flexibility index (Phi) is 3.95. The van der Waals surface area contributed by atoms with Gasteiger partial charge in [0.25, 0.3) is 0 Å². The van der Waals surface area contributed by atoms with Crippen LogP contribution in [0.25, 0.3) is 10.2 Å². The number of thiophene rings is 1. The zero-order chi connectivity index (χ0) is 13.1. The highest BCUT2D eigenvalue weighted by atomic mass is 32.1. The largest absolute Gasteiger partial charge is 0.394 e. The number of hydrogen-bond acceptors (Lipinski definition) is 7. The minimum absolute atomic E-state index is 0.174. The normalized spacial score (nSPS) is 11.3. The lowest BCUT2D eigenvalue weighted by molar-refractivity contribution is 0.203. The Hall–Kier alpha value is -1.44. The van der Waals surface area contributed by atoms with Crippen LogP contribution in [0.3, 0.4) is 0 Å². The van der Waals surface area contributed by atoms with Crippen LogP contribution in [-0.2, 0) is 6.42 Å². The maximum Gasteiger partial charge on any atom is 0.223 e. The van der Waals surface area contributed by atoms with Crippen molar-refractivity contribution in [3.8, 4) is 0 Å². The molecule has 0 radical (unpaired) electrons. The Morgan fingerprint density at radius 2 is 2.11 bits per heavy atom. The summed E-state index contributed by atoms with van der Waals surface area (Å²) in [7, 11) is 0. The number of anilines is 2. The van der Waals surface area contributed by atoms with Crippen molar-refractivity contribution < 1.29 is 10.2 Å². The summed E-state index contributed by atoms with van der Waals surface area (Å²) in [5.41, 5.74) is 5.65. The van der Waals surface area contributed by atoms with Crippen molar-refractivity contribution in [3.05, 3.63) is 10.9 Å². The van der Waals surface area contributed by atoms with E-state index in [2.05, 4.69) is 22.2 Å². The summed E-state index contributed by atoms with van der Waals surface area (Å²) in [6.07, 6.45) is 0.920. The third-order valence-corrected chi connectivity index (χ3v) is 3.76. The number of aliphatic hydroxyl groups excluding tert-OH is 2. The monoisotopic (exact) mass is 268 g/mol. The number of fused-ring (bicyclic) bond motifs is 1. The van der Waals surface area contributed by atoms with Crippen molar-refractivity contribution in [3.63, 3.8) is 0 Å². The van der Waals surface area contributed by atoms with E-state index >= 15 is 0 Å². The van der Waals surface area contributed by atoms with Gasteiger partial charge in [0.1, 0.15) is 10.6 Å². The van der Waals surface area contributed by atoms with Gasteiger partial charge in [-0.2, -0.15) is 4.98 Å². The molecule has 0 amide bonds. The van der Waals surface area contributed by atoms with E-state index in [9.17, 15) is 0 Å². The molecule has 2 aromatic heterocycles. The number of nitrogens with one attached hydrogen (secondary N) is 1. The van der Waals surface area contributed by atoms with Crippen molar-refractivity contribution in [2.24, 2.45) is 0 Å². The number of aromatic nitrogens is 2. The molecule has 0 fully saturated rings. The van der Waals surface area contributed by atoms with Gasteiger partial charge in [-0.1, -0.05) is 6.92 Å². The van der Waals surface area contributed by atoms with Crippen molar-refractivity contribution in [2.75, 3.05) is 24.3 Å². The summed E-state index contributed by atoms with van der Waals surface area (Å²) < 4.78 is 0. The third kappa shape index (κ3) is 2.53. The summed E-state index contributed by atoms with van der Waals surface area (Å²) >= 11 is 1.57. The van der Waals surface area contributed by atoms with Crippen LogP contribution < -0.4 is 11.1 Å². The first-order chi connectivity index (χ1) is 8.67. The van der Waals surface area contributed by atoms with Crippen molar-refractivity contribution in [2.45, 2.75) is 19.4 Å². The molecule has 0 aromatic carbocycles. The average molecular weight is 268 g/mol. The van der Waals surface area contributed by atoms with Crippen LogP contribution >= 0.6 is 11.3 Å². The van der Waals surface area contributed by atoms with Crippen LogP contribution in [0.4, 0.5) is 11.8 Å². The topological polar surface area (TPSA) is 104 Å². The van der Waals surface area contributed by atoms with Gasteiger partial charge in [-0.3, -0.25) is 0 Å². The second-order valence-electron chi connectivity index (χ2n) is 3.92. The fourth-order valence-corrected chi connectivity index (χ4v) is 2.59. The van der Waals surface area contributed by atoms with E-state index in [1.54, 1.807) is 11.3 Å². The maximum absolute atomic E-state index is 9.09. The molecule has 5 N–H and O–H groups in total. The summed E-state index contributed by atoms with van der Waals surface area (Å²) in [5.74, 6) is 0.741. The van der Waals surface area contributed by atoms with Crippen molar-refractivity contribution in [1.82, 2.24) is 9.97 Å². The van der Waals surface area contributed by atoms with Gasteiger partial charge in [0.15, 0.2) is 0 Å². The van der Waals surface area contributed by atoms with Crippen LogP contribution in [0.15, 0.2) is 6.07 Å². The minimum atomic E-state index is -0.451. The highest BCUT2D eigenvalue weighted by Crippen LogP contribution is 2.30. The predicted molar refractivity (Wildman–Crippen MR) is 72.8 cm³/mol.